The van der Waals surface area contributed by atoms with Crippen LogP contribution in [0, 0.1) is 5.92 Å². The lowest BCUT2D eigenvalue weighted by Gasteiger charge is -2.11. The largest absolute Gasteiger partial charge is 0.466 e. The fraction of sp³-hybridized carbons (Fsp3) is 0.818. The molecule has 0 aromatic carbocycles. The van der Waals surface area contributed by atoms with Gasteiger partial charge in [0.1, 0.15) is 12.2 Å². The summed E-state index contributed by atoms with van der Waals surface area (Å²) in [4.78, 5) is 22.2. The Balaban J connectivity index is 3.78. The lowest BCUT2D eigenvalue weighted by molar-refractivity contribution is -0.145. The molecule has 0 aliphatic heterocycles. The molecule has 88 valence electrons. The molecule has 4 heteroatoms. The Labute approximate surface area is 90.6 Å². The third-order valence-corrected chi connectivity index (χ3v) is 1.85. The van der Waals surface area contributed by atoms with Gasteiger partial charge in [0.25, 0.3) is 0 Å². The van der Waals surface area contributed by atoms with Gasteiger partial charge in [0.05, 0.1) is 12.7 Å². The van der Waals surface area contributed by atoms with Crippen LogP contribution in [0.15, 0.2) is 0 Å². The number of aliphatic hydroxyl groups is 1. The second kappa shape index (κ2) is 7.40. The van der Waals surface area contributed by atoms with Crippen molar-refractivity contribution in [2.24, 2.45) is 5.92 Å². The number of hydrogen-bond donors (Lipinski definition) is 1. The molecule has 0 rings (SSSR count). The van der Waals surface area contributed by atoms with Crippen LogP contribution < -0.4 is 0 Å². The van der Waals surface area contributed by atoms with Crippen molar-refractivity contribution in [3.8, 4) is 0 Å². The van der Waals surface area contributed by atoms with Crippen LogP contribution in [0.25, 0.3) is 0 Å². The number of carbonyl (C=O) groups is 2. The predicted molar refractivity (Wildman–Crippen MR) is 56.3 cm³/mol. The van der Waals surface area contributed by atoms with Gasteiger partial charge in [-0.1, -0.05) is 13.8 Å². The third kappa shape index (κ3) is 8.12. The van der Waals surface area contributed by atoms with E-state index < -0.39 is 12.1 Å². The Hall–Kier alpha value is -0.900. The van der Waals surface area contributed by atoms with Crippen LogP contribution in [0.5, 0.6) is 0 Å². The van der Waals surface area contributed by atoms with E-state index in [2.05, 4.69) is 4.74 Å². The number of rotatable bonds is 7. The SMILES string of the molecule is CCOC(=O)CC(=O)CC(O)CC(C)C. The van der Waals surface area contributed by atoms with Crippen LogP contribution in [-0.4, -0.2) is 29.6 Å². The maximum absolute atomic E-state index is 11.3. The van der Waals surface area contributed by atoms with E-state index in [0.717, 1.165) is 0 Å². The van der Waals surface area contributed by atoms with E-state index in [1.165, 1.54) is 0 Å². The predicted octanol–water partition coefficient (Wildman–Crippen LogP) is 1.31. The Morgan fingerprint density at radius 2 is 1.93 bits per heavy atom. The zero-order valence-electron chi connectivity index (χ0n) is 9.66. The first-order valence-electron chi connectivity index (χ1n) is 5.31. The second-order valence-electron chi connectivity index (χ2n) is 4.01. The molecule has 1 unspecified atom stereocenters. The Kier molecular flexibility index (Phi) is 6.96. The molecule has 4 nitrogen and oxygen atoms in total. The highest BCUT2D eigenvalue weighted by molar-refractivity contribution is 5.95. The zero-order valence-corrected chi connectivity index (χ0v) is 9.66. The summed E-state index contributed by atoms with van der Waals surface area (Å²) in [6.45, 7) is 5.91. The highest BCUT2D eigenvalue weighted by Gasteiger charge is 2.15. The summed E-state index contributed by atoms with van der Waals surface area (Å²) in [7, 11) is 0. The summed E-state index contributed by atoms with van der Waals surface area (Å²) in [5.41, 5.74) is 0. The smallest absolute Gasteiger partial charge is 0.313 e. The van der Waals surface area contributed by atoms with Crippen molar-refractivity contribution < 1.29 is 19.4 Å². The van der Waals surface area contributed by atoms with Crippen LogP contribution in [0.4, 0.5) is 0 Å². The standard InChI is InChI=1S/C11H20O4/c1-4-15-11(14)7-10(13)6-9(12)5-8(2)3/h8-9,12H,4-7H2,1-3H3. The van der Waals surface area contributed by atoms with Crippen LogP contribution in [0.3, 0.4) is 0 Å². The Morgan fingerprint density at radius 1 is 1.33 bits per heavy atom. The van der Waals surface area contributed by atoms with E-state index in [4.69, 9.17) is 0 Å². The third-order valence-electron chi connectivity index (χ3n) is 1.85. The van der Waals surface area contributed by atoms with Gasteiger partial charge in [0.15, 0.2) is 0 Å². The number of carbonyl (C=O) groups excluding carboxylic acids is 2. The van der Waals surface area contributed by atoms with E-state index >= 15 is 0 Å². The first-order chi connectivity index (χ1) is 6.95. The maximum Gasteiger partial charge on any atom is 0.313 e. The van der Waals surface area contributed by atoms with Gasteiger partial charge in [-0.3, -0.25) is 9.59 Å². The molecule has 0 aromatic heterocycles. The number of hydrogen-bond acceptors (Lipinski definition) is 4. The highest BCUT2D eigenvalue weighted by Crippen LogP contribution is 2.09. The van der Waals surface area contributed by atoms with Gasteiger partial charge in [0, 0.05) is 6.42 Å². The van der Waals surface area contributed by atoms with Crippen LogP contribution >= 0.6 is 0 Å². The summed E-state index contributed by atoms with van der Waals surface area (Å²) in [6.07, 6.45) is -0.263. The molecule has 0 fully saturated rings. The van der Waals surface area contributed by atoms with Gasteiger partial charge in [-0.05, 0) is 19.3 Å². The van der Waals surface area contributed by atoms with Gasteiger partial charge in [-0.15, -0.1) is 0 Å². The quantitative estimate of drug-likeness (QED) is 0.514. The summed E-state index contributed by atoms with van der Waals surface area (Å²) in [5, 5.41) is 9.46. The first kappa shape index (κ1) is 14.1. The first-order valence-corrected chi connectivity index (χ1v) is 5.31. The highest BCUT2D eigenvalue weighted by atomic mass is 16.5. The van der Waals surface area contributed by atoms with Gasteiger partial charge in [-0.25, -0.2) is 0 Å². The van der Waals surface area contributed by atoms with Crippen molar-refractivity contribution >= 4 is 11.8 Å². The van der Waals surface area contributed by atoms with E-state index in [1.54, 1.807) is 6.92 Å². The monoisotopic (exact) mass is 216 g/mol. The van der Waals surface area contributed by atoms with E-state index in [9.17, 15) is 14.7 Å². The van der Waals surface area contributed by atoms with E-state index in [1.807, 2.05) is 13.8 Å². The Morgan fingerprint density at radius 3 is 2.40 bits per heavy atom. The van der Waals surface area contributed by atoms with E-state index in [-0.39, 0.29) is 25.2 Å². The van der Waals surface area contributed by atoms with Gasteiger partial charge < -0.3 is 9.84 Å². The zero-order chi connectivity index (χ0) is 11.8. The summed E-state index contributed by atoms with van der Waals surface area (Å²) >= 11 is 0. The minimum absolute atomic E-state index is 0.0387. The maximum atomic E-state index is 11.3. The molecule has 0 amide bonds. The molecule has 0 saturated heterocycles. The summed E-state index contributed by atoms with van der Waals surface area (Å²) < 4.78 is 4.63. The van der Waals surface area contributed by atoms with Gasteiger partial charge >= 0.3 is 5.97 Å². The van der Waals surface area contributed by atoms with E-state index in [0.29, 0.717) is 12.3 Å². The van der Waals surface area contributed by atoms with Crippen molar-refractivity contribution in [2.45, 2.75) is 46.1 Å². The molecule has 0 aliphatic carbocycles. The average Bonchev–Trinajstić information content (AvgIpc) is 2.00. The lowest BCUT2D eigenvalue weighted by Crippen LogP contribution is -2.18. The Bertz CT molecular complexity index is 211. The number of aliphatic hydroxyl groups excluding tert-OH is 1. The second-order valence-corrected chi connectivity index (χ2v) is 4.01. The molecular weight excluding hydrogens is 196 g/mol. The van der Waals surface area contributed by atoms with Crippen molar-refractivity contribution in [3.63, 3.8) is 0 Å². The molecule has 0 heterocycles. The van der Waals surface area contributed by atoms with Crippen molar-refractivity contribution in [3.05, 3.63) is 0 Å². The molecule has 0 radical (unpaired) electrons. The fourth-order valence-electron chi connectivity index (χ4n) is 1.34. The molecule has 1 atom stereocenters. The number of Topliss-reactive ketones (excluding diaryl/α,β-unsaturated/α-hetero) is 1. The normalized spacial score (nSPS) is 12.6. The number of ketones is 1. The lowest BCUT2D eigenvalue weighted by atomic mass is 10.0. The number of ether oxygens (including phenoxy) is 1. The molecule has 0 bridgehead atoms. The van der Waals surface area contributed by atoms with Crippen LogP contribution in [0.2, 0.25) is 0 Å². The van der Waals surface area contributed by atoms with Crippen LogP contribution in [0.1, 0.15) is 40.0 Å². The van der Waals surface area contributed by atoms with Crippen molar-refractivity contribution in [2.75, 3.05) is 6.61 Å². The summed E-state index contributed by atoms with van der Waals surface area (Å²) in [5.74, 6) is -0.434. The molecule has 0 aromatic rings. The molecule has 0 spiro atoms. The van der Waals surface area contributed by atoms with Gasteiger partial charge in [0.2, 0.25) is 0 Å². The molecule has 0 saturated carbocycles. The van der Waals surface area contributed by atoms with Crippen molar-refractivity contribution in [1.82, 2.24) is 0 Å². The van der Waals surface area contributed by atoms with Gasteiger partial charge in [-0.2, -0.15) is 0 Å². The number of esters is 1. The van der Waals surface area contributed by atoms with Crippen LogP contribution in [-0.2, 0) is 14.3 Å². The van der Waals surface area contributed by atoms with Crippen molar-refractivity contribution in [1.29, 1.82) is 0 Å². The molecule has 0 aliphatic rings. The fourth-order valence-corrected chi connectivity index (χ4v) is 1.34. The molecule has 1 N–H and O–H groups in total. The molecular formula is C11H20O4. The summed E-state index contributed by atoms with van der Waals surface area (Å²) in [6, 6.07) is 0. The molecule has 15 heavy (non-hydrogen) atoms. The minimum Gasteiger partial charge on any atom is -0.466 e. The topological polar surface area (TPSA) is 63.6 Å². The minimum atomic E-state index is -0.646. The average molecular weight is 216 g/mol.